The van der Waals surface area contributed by atoms with E-state index in [1.807, 2.05) is 49.4 Å². The van der Waals surface area contributed by atoms with Crippen LogP contribution in [-0.2, 0) is 11.3 Å². The molecule has 1 atom stereocenters. The summed E-state index contributed by atoms with van der Waals surface area (Å²) in [5.74, 6) is 0.326. The van der Waals surface area contributed by atoms with Gasteiger partial charge in [0.15, 0.2) is 0 Å². The average molecular weight is 454 g/mol. The van der Waals surface area contributed by atoms with E-state index in [1.54, 1.807) is 24.1 Å². The topological polar surface area (TPSA) is 84.7 Å². The number of nitrogens with one attached hydrogen (secondary N) is 1. The third-order valence-electron chi connectivity index (χ3n) is 4.91. The summed E-state index contributed by atoms with van der Waals surface area (Å²) >= 11 is 6.29. The number of benzene rings is 3. The van der Waals surface area contributed by atoms with E-state index in [4.69, 9.17) is 16.3 Å². The summed E-state index contributed by atoms with van der Waals surface area (Å²) in [6.07, 6.45) is 0. The van der Waals surface area contributed by atoms with E-state index in [9.17, 15) is 14.9 Å². The highest BCUT2D eigenvalue weighted by atomic mass is 35.5. The number of amides is 1. The first kappa shape index (κ1) is 23.2. The molecule has 7 nitrogen and oxygen atoms in total. The summed E-state index contributed by atoms with van der Waals surface area (Å²) in [7, 11) is 1.78. The van der Waals surface area contributed by atoms with E-state index in [-0.39, 0.29) is 18.1 Å². The van der Waals surface area contributed by atoms with E-state index in [0.29, 0.717) is 28.6 Å². The first-order chi connectivity index (χ1) is 15.4. The largest absolute Gasteiger partial charge is 0.492 e. The molecule has 3 rings (SSSR count). The van der Waals surface area contributed by atoms with Crippen LogP contribution < -0.4 is 10.1 Å². The van der Waals surface area contributed by atoms with E-state index < -0.39 is 11.0 Å². The maximum Gasteiger partial charge on any atom is 0.269 e. The molecule has 0 aliphatic heterocycles. The van der Waals surface area contributed by atoms with Crippen LogP contribution in [0.4, 0.5) is 11.4 Å². The second-order valence-corrected chi connectivity index (χ2v) is 7.59. The second-order valence-electron chi connectivity index (χ2n) is 7.18. The van der Waals surface area contributed by atoms with Crippen molar-refractivity contribution in [3.8, 4) is 5.75 Å². The maximum absolute atomic E-state index is 13.4. The van der Waals surface area contributed by atoms with Crippen molar-refractivity contribution >= 4 is 28.9 Å². The van der Waals surface area contributed by atoms with Gasteiger partial charge >= 0.3 is 0 Å². The summed E-state index contributed by atoms with van der Waals surface area (Å²) in [6, 6.07) is 20.2. The van der Waals surface area contributed by atoms with Gasteiger partial charge in [0.25, 0.3) is 5.69 Å². The summed E-state index contributed by atoms with van der Waals surface area (Å²) in [5, 5.41) is 14.5. The van der Waals surface area contributed by atoms with Gasteiger partial charge in [0.05, 0.1) is 17.2 Å². The number of likely N-dealkylation sites (N-methyl/N-ethyl adjacent to an activating group) is 1. The van der Waals surface area contributed by atoms with Gasteiger partial charge in [-0.2, -0.15) is 0 Å². The van der Waals surface area contributed by atoms with Gasteiger partial charge in [-0.05, 0) is 43.3 Å². The summed E-state index contributed by atoms with van der Waals surface area (Å²) in [6.45, 7) is 2.59. The maximum atomic E-state index is 13.4. The SMILES string of the molecule is CCOc1ccccc1NC(=O)[C@H](c1ccccc1)N(C)Cc1cc([N+](=O)[O-])ccc1Cl. The average Bonchev–Trinajstić information content (AvgIpc) is 2.77. The fourth-order valence-electron chi connectivity index (χ4n) is 3.45. The van der Waals surface area contributed by atoms with Gasteiger partial charge in [-0.1, -0.05) is 54.1 Å². The number of nitro groups is 1. The van der Waals surface area contributed by atoms with Crippen LogP contribution in [0.2, 0.25) is 5.02 Å². The molecule has 166 valence electrons. The Morgan fingerprint density at radius 1 is 1.12 bits per heavy atom. The van der Waals surface area contributed by atoms with Gasteiger partial charge in [0, 0.05) is 23.7 Å². The number of hydrogen-bond acceptors (Lipinski definition) is 5. The Kier molecular flexibility index (Phi) is 7.81. The van der Waals surface area contributed by atoms with Gasteiger partial charge in [0.1, 0.15) is 11.8 Å². The third-order valence-corrected chi connectivity index (χ3v) is 5.28. The minimum Gasteiger partial charge on any atom is -0.492 e. The second kappa shape index (κ2) is 10.7. The monoisotopic (exact) mass is 453 g/mol. The van der Waals surface area contributed by atoms with Gasteiger partial charge < -0.3 is 10.1 Å². The van der Waals surface area contributed by atoms with Gasteiger partial charge in [0.2, 0.25) is 5.91 Å². The standard InChI is InChI=1S/C24H24ClN3O4/c1-3-32-22-12-8-7-11-21(22)26-24(29)23(17-9-5-4-6-10-17)27(2)16-18-15-19(28(30)31)13-14-20(18)25/h4-15,23H,3,16H2,1-2H3,(H,26,29)/t23-/m0/s1. The molecule has 3 aromatic carbocycles. The molecule has 0 unspecified atom stereocenters. The smallest absolute Gasteiger partial charge is 0.269 e. The Hall–Kier alpha value is -3.42. The molecule has 0 saturated heterocycles. The third kappa shape index (κ3) is 5.63. The normalized spacial score (nSPS) is 11.8. The molecule has 0 fully saturated rings. The van der Waals surface area contributed by atoms with Crippen LogP contribution >= 0.6 is 11.6 Å². The molecule has 1 amide bonds. The molecule has 3 aromatic rings. The number of hydrogen-bond donors (Lipinski definition) is 1. The predicted octanol–water partition coefficient (Wildman–Crippen LogP) is 5.46. The molecule has 0 aromatic heterocycles. The molecule has 0 aliphatic rings. The Morgan fingerprint density at radius 3 is 2.50 bits per heavy atom. The number of non-ortho nitro benzene ring substituents is 1. The minimum atomic E-state index is -0.666. The molecule has 0 heterocycles. The van der Waals surface area contributed by atoms with Crippen molar-refractivity contribution in [2.45, 2.75) is 19.5 Å². The van der Waals surface area contributed by atoms with Crippen LogP contribution in [0.3, 0.4) is 0 Å². The molecule has 0 aliphatic carbocycles. The van der Waals surface area contributed by atoms with Crippen LogP contribution in [0.25, 0.3) is 0 Å². The molecule has 0 saturated carbocycles. The molecule has 0 bridgehead atoms. The fourth-order valence-corrected chi connectivity index (χ4v) is 3.63. The number of ether oxygens (including phenoxy) is 1. The lowest BCUT2D eigenvalue weighted by Crippen LogP contribution is -2.34. The zero-order valence-electron chi connectivity index (χ0n) is 17.8. The number of nitro benzene ring substituents is 1. The number of halogens is 1. The van der Waals surface area contributed by atoms with E-state index in [0.717, 1.165) is 5.56 Å². The number of carbonyl (C=O) groups excluding carboxylic acids is 1. The first-order valence-corrected chi connectivity index (χ1v) is 10.5. The highest BCUT2D eigenvalue weighted by Gasteiger charge is 2.27. The molecular weight excluding hydrogens is 430 g/mol. The summed E-state index contributed by atoms with van der Waals surface area (Å²) in [4.78, 5) is 25.9. The highest BCUT2D eigenvalue weighted by molar-refractivity contribution is 6.31. The number of anilines is 1. The predicted molar refractivity (Wildman–Crippen MR) is 125 cm³/mol. The Balaban J connectivity index is 1.91. The Morgan fingerprint density at radius 2 is 1.81 bits per heavy atom. The van der Waals surface area contributed by atoms with Crippen molar-refractivity contribution in [1.82, 2.24) is 4.90 Å². The molecule has 0 radical (unpaired) electrons. The van der Waals surface area contributed by atoms with Crippen molar-refractivity contribution in [3.05, 3.63) is 99.1 Å². The van der Waals surface area contributed by atoms with Crippen LogP contribution in [0.5, 0.6) is 5.75 Å². The lowest BCUT2D eigenvalue weighted by molar-refractivity contribution is -0.384. The zero-order chi connectivity index (χ0) is 23.1. The van der Waals surface area contributed by atoms with Gasteiger partial charge in [-0.3, -0.25) is 19.8 Å². The zero-order valence-corrected chi connectivity index (χ0v) is 18.6. The van der Waals surface area contributed by atoms with Crippen molar-refractivity contribution in [3.63, 3.8) is 0 Å². The van der Waals surface area contributed by atoms with E-state index in [1.165, 1.54) is 18.2 Å². The van der Waals surface area contributed by atoms with Crippen LogP contribution in [-0.4, -0.2) is 29.4 Å². The van der Waals surface area contributed by atoms with Crippen molar-refractivity contribution < 1.29 is 14.5 Å². The summed E-state index contributed by atoms with van der Waals surface area (Å²) in [5.41, 5.74) is 1.86. The van der Waals surface area contributed by atoms with Crippen molar-refractivity contribution in [1.29, 1.82) is 0 Å². The van der Waals surface area contributed by atoms with E-state index in [2.05, 4.69) is 5.32 Å². The molecule has 32 heavy (non-hydrogen) atoms. The van der Waals surface area contributed by atoms with Crippen LogP contribution in [0.15, 0.2) is 72.8 Å². The van der Waals surface area contributed by atoms with E-state index >= 15 is 0 Å². The molecule has 0 spiro atoms. The van der Waals surface area contributed by atoms with Gasteiger partial charge in [-0.25, -0.2) is 0 Å². The number of rotatable bonds is 9. The quantitative estimate of drug-likeness (QED) is 0.343. The lowest BCUT2D eigenvalue weighted by atomic mass is 10.0. The Bertz CT molecular complexity index is 1090. The first-order valence-electron chi connectivity index (χ1n) is 10.1. The number of para-hydroxylation sites is 2. The minimum absolute atomic E-state index is 0.0517. The van der Waals surface area contributed by atoms with Crippen LogP contribution in [0, 0.1) is 10.1 Å². The highest BCUT2D eigenvalue weighted by Crippen LogP contribution is 2.30. The molecule has 1 N–H and O–H groups in total. The number of carbonyl (C=O) groups is 1. The molecular formula is C24H24ClN3O4. The fraction of sp³-hybridized carbons (Fsp3) is 0.208. The van der Waals surface area contributed by atoms with Gasteiger partial charge in [-0.15, -0.1) is 0 Å². The summed E-state index contributed by atoms with van der Waals surface area (Å²) < 4.78 is 5.62. The Labute approximate surface area is 191 Å². The molecule has 8 heteroatoms. The lowest BCUT2D eigenvalue weighted by Gasteiger charge is -2.28. The van der Waals surface area contributed by atoms with Crippen LogP contribution in [0.1, 0.15) is 24.1 Å². The van der Waals surface area contributed by atoms with Crippen molar-refractivity contribution in [2.24, 2.45) is 0 Å². The number of nitrogens with zero attached hydrogens (tertiary/aromatic N) is 2. The van der Waals surface area contributed by atoms with Crippen molar-refractivity contribution in [2.75, 3.05) is 19.0 Å².